The minimum atomic E-state index is -1.79. The van der Waals surface area contributed by atoms with E-state index in [-0.39, 0.29) is 0 Å². The summed E-state index contributed by atoms with van der Waals surface area (Å²) in [5, 5.41) is 0. The number of hydrogen-bond donors (Lipinski definition) is 0. The van der Waals surface area contributed by atoms with E-state index in [2.05, 4.69) is 68.5 Å². The number of hydrogen-bond acceptors (Lipinski definition) is 1. The van der Waals surface area contributed by atoms with Crippen LogP contribution in [0.25, 0.3) is 11.3 Å². The molecular weight excluding hydrogens is 291 g/mol. The SMILES string of the molecule is Cc1ccc(-c2cc(C)[c]([Ge]([CH3])([CH3])[CH3])cn2)c(C)c1. The van der Waals surface area contributed by atoms with Crippen LogP contribution in [-0.2, 0) is 0 Å². The fourth-order valence-electron chi connectivity index (χ4n) is 2.59. The minimum absolute atomic E-state index is 1.10. The van der Waals surface area contributed by atoms with Crippen LogP contribution in [-0.4, -0.2) is 18.3 Å². The number of aromatic nitrogens is 1. The number of pyridine rings is 1. The molecule has 0 aliphatic heterocycles. The molecule has 0 radical (unpaired) electrons. The first-order chi connectivity index (χ1) is 8.79. The van der Waals surface area contributed by atoms with E-state index in [4.69, 9.17) is 4.98 Å². The van der Waals surface area contributed by atoms with Crippen LogP contribution < -0.4 is 4.40 Å². The van der Waals surface area contributed by atoms with Gasteiger partial charge in [0.2, 0.25) is 0 Å². The van der Waals surface area contributed by atoms with Gasteiger partial charge in [-0.1, -0.05) is 0 Å². The first-order valence-electron chi connectivity index (χ1n) is 6.84. The second-order valence-electron chi connectivity index (χ2n) is 6.45. The molecule has 2 rings (SSSR count). The third kappa shape index (κ3) is 3.09. The fraction of sp³-hybridized carbons (Fsp3) is 0.353. The molecule has 0 bridgehead atoms. The van der Waals surface area contributed by atoms with Gasteiger partial charge in [0, 0.05) is 0 Å². The molecule has 1 aromatic heterocycles. The van der Waals surface area contributed by atoms with E-state index >= 15 is 0 Å². The Hall–Kier alpha value is -1.09. The average Bonchev–Trinajstić information content (AvgIpc) is 2.26. The van der Waals surface area contributed by atoms with Crippen molar-refractivity contribution in [3.05, 3.63) is 47.2 Å². The van der Waals surface area contributed by atoms with Crippen molar-refractivity contribution >= 4 is 17.7 Å². The van der Waals surface area contributed by atoms with Crippen molar-refractivity contribution in [1.82, 2.24) is 4.98 Å². The summed E-state index contributed by atoms with van der Waals surface area (Å²) in [6.07, 6.45) is 2.12. The molecule has 0 aliphatic rings. The van der Waals surface area contributed by atoms with Crippen LogP contribution in [0.15, 0.2) is 30.5 Å². The second kappa shape index (κ2) is 5.12. The molecule has 0 aliphatic carbocycles. The molecule has 0 saturated heterocycles. The Morgan fingerprint density at radius 3 is 2.11 bits per heavy atom. The van der Waals surface area contributed by atoms with Gasteiger partial charge < -0.3 is 0 Å². The molecule has 100 valence electrons. The summed E-state index contributed by atoms with van der Waals surface area (Å²) in [5.74, 6) is 7.25. The van der Waals surface area contributed by atoms with E-state index in [0.29, 0.717) is 0 Å². The van der Waals surface area contributed by atoms with Gasteiger partial charge in [0.25, 0.3) is 0 Å². The van der Waals surface area contributed by atoms with E-state index in [1.807, 2.05) is 0 Å². The third-order valence-electron chi connectivity index (χ3n) is 3.58. The Morgan fingerprint density at radius 2 is 1.58 bits per heavy atom. The van der Waals surface area contributed by atoms with E-state index in [1.54, 1.807) is 0 Å². The number of rotatable bonds is 2. The zero-order valence-corrected chi connectivity index (χ0v) is 14.9. The molecule has 0 saturated carbocycles. The van der Waals surface area contributed by atoms with Crippen LogP contribution >= 0.6 is 0 Å². The fourth-order valence-corrected chi connectivity index (χ4v) is 6.17. The van der Waals surface area contributed by atoms with Crippen LogP contribution in [0.2, 0.25) is 17.3 Å². The summed E-state index contributed by atoms with van der Waals surface area (Å²) in [4.78, 5) is 4.71. The zero-order chi connectivity index (χ0) is 14.2. The van der Waals surface area contributed by atoms with E-state index in [1.165, 1.54) is 26.6 Å². The van der Waals surface area contributed by atoms with Gasteiger partial charge in [0.15, 0.2) is 0 Å². The molecule has 0 N–H and O–H groups in total. The summed E-state index contributed by atoms with van der Waals surface area (Å²) >= 11 is -1.79. The van der Waals surface area contributed by atoms with Crippen LogP contribution in [0, 0.1) is 20.8 Å². The monoisotopic (exact) mass is 315 g/mol. The molecule has 19 heavy (non-hydrogen) atoms. The molecule has 1 nitrogen and oxygen atoms in total. The molecule has 2 aromatic rings. The number of aryl methyl sites for hydroxylation is 3. The van der Waals surface area contributed by atoms with Crippen molar-refractivity contribution in [2.75, 3.05) is 0 Å². The second-order valence-corrected chi connectivity index (χ2v) is 17.0. The quantitative estimate of drug-likeness (QED) is 0.756. The van der Waals surface area contributed by atoms with Crippen molar-refractivity contribution in [2.24, 2.45) is 0 Å². The van der Waals surface area contributed by atoms with Gasteiger partial charge >= 0.3 is 119 Å². The van der Waals surface area contributed by atoms with Crippen molar-refractivity contribution in [2.45, 2.75) is 38.0 Å². The molecule has 2 heteroatoms. The average molecular weight is 314 g/mol. The number of nitrogens with zero attached hydrogens (tertiary/aromatic N) is 1. The van der Waals surface area contributed by atoms with Gasteiger partial charge in [0.1, 0.15) is 0 Å². The van der Waals surface area contributed by atoms with Gasteiger partial charge in [-0.25, -0.2) is 0 Å². The Labute approximate surface area is 119 Å². The van der Waals surface area contributed by atoms with Crippen molar-refractivity contribution in [3.63, 3.8) is 0 Å². The van der Waals surface area contributed by atoms with Gasteiger partial charge in [-0.15, -0.1) is 0 Å². The predicted molar refractivity (Wildman–Crippen MR) is 86.9 cm³/mol. The zero-order valence-electron chi connectivity index (χ0n) is 12.8. The van der Waals surface area contributed by atoms with Crippen LogP contribution in [0.5, 0.6) is 0 Å². The molecule has 1 heterocycles. The standard InChI is InChI=1S/C17H23GeN/c1-12-7-8-15(13(2)9-12)17-10-14(3)16(11-19-17)18(4,5)6/h7-11H,1-6H3. The van der Waals surface area contributed by atoms with Gasteiger partial charge in [-0.2, -0.15) is 0 Å². The maximum absolute atomic E-state index is 4.71. The van der Waals surface area contributed by atoms with Crippen LogP contribution in [0.1, 0.15) is 16.7 Å². The molecule has 1 aromatic carbocycles. The molecular formula is C17H23GeN. The van der Waals surface area contributed by atoms with Crippen LogP contribution in [0.4, 0.5) is 0 Å². The summed E-state index contributed by atoms with van der Waals surface area (Å²) in [5.41, 5.74) is 6.36. The Bertz CT molecular complexity index is 609. The molecule has 0 fully saturated rings. The van der Waals surface area contributed by atoms with Crippen molar-refractivity contribution in [1.29, 1.82) is 0 Å². The normalized spacial score (nSPS) is 11.7. The van der Waals surface area contributed by atoms with E-state index < -0.39 is 13.3 Å². The number of benzene rings is 1. The van der Waals surface area contributed by atoms with Gasteiger partial charge in [-0.05, 0) is 0 Å². The molecule has 0 spiro atoms. The Morgan fingerprint density at radius 1 is 0.895 bits per heavy atom. The summed E-state index contributed by atoms with van der Waals surface area (Å²) in [6.45, 7) is 6.51. The van der Waals surface area contributed by atoms with Gasteiger partial charge in [-0.3, -0.25) is 0 Å². The molecule has 0 atom stereocenters. The Balaban J connectivity index is 2.51. The van der Waals surface area contributed by atoms with Gasteiger partial charge in [0.05, 0.1) is 0 Å². The van der Waals surface area contributed by atoms with Crippen molar-refractivity contribution in [3.8, 4) is 11.3 Å². The topological polar surface area (TPSA) is 12.9 Å². The summed E-state index contributed by atoms with van der Waals surface area (Å²) in [7, 11) is 0. The van der Waals surface area contributed by atoms with Crippen molar-refractivity contribution < 1.29 is 0 Å². The van der Waals surface area contributed by atoms with Crippen LogP contribution in [0.3, 0.4) is 0 Å². The third-order valence-corrected chi connectivity index (χ3v) is 8.07. The Kier molecular flexibility index (Phi) is 3.86. The summed E-state index contributed by atoms with van der Waals surface area (Å²) < 4.78 is 1.51. The first-order valence-corrected chi connectivity index (χ1v) is 14.2. The molecule has 0 amide bonds. The predicted octanol–water partition coefficient (Wildman–Crippen LogP) is 4.22. The van der Waals surface area contributed by atoms with E-state index in [9.17, 15) is 0 Å². The first kappa shape index (κ1) is 14.3. The maximum atomic E-state index is 4.71. The summed E-state index contributed by atoms with van der Waals surface area (Å²) in [6, 6.07) is 8.82. The van der Waals surface area contributed by atoms with E-state index in [0.717, 1.165) is 5.69 Å². The molecule has 0 unspecified atom stereocenters.